The summed E-state index contributed by atoms with van der Waals surface area (Å²) in [6, 6.07) is 8.72. The summed E-state index contributed by atoms with van der Waals surface area (Å²) in [5.41, 5.74) is 1.32. The molecule has 0 bridgehead atoms. The second-order valence-corrected chi connectivity index (χ2v) is 9.11. The van der Waals surface area contributed by atoms with E-state index in [0.29, 0.717) is 21.5 Å². The Morgan fingerprint density at radius 2 is 1.86 bits per heavy atom. The number of ether oxygens (including phenoxy) is 2. The van der Waals surface area contributed by atoms with Crippen LogP contribution >= 0.6 is 15.9 Å². The van der Waals surface area contributed by atoms with Gasteiger partial charge >= 0.3 is 12.0 Å². The van der Waals surface area contributed by atoms with Crippen LogP contribution in [-0.4, -0.2) is 47.0 Å². The zero-order valence-electron chi connectivity index (χ0n) is 18.9. The molecule has 2 aromatic carbocycles. The van der Waals surface area contributed by atoms with Crippen LogP contribution in [0.1, 0.15) is 47.2 Å². The minimum atomic E-state index is -1.01. The van der Waals surface area contributed by atoms with Crippen molar-refractivity contribution in [2.24, 2.45) is 0 Å². The van der Waals surface area contributed by atoms with E-state index in [9.17, 15) is 19.2 Å². The molecule has 2 aromatic rings. The monoisotopic (exact) mass is 542 g/mol. The van der Waals surface area contributed by atoms with Gasteiger partial charge in [-0.15, -0.1) is 0 Å². The number of carbonyl (C=O) groups excluding carboxylic acids is 3. The average molecular weight is 543 g/mol. The number of barbiturate groups is 1. The number of urea groups is 1. The predicted octanol–water partition coefficient (Wildman–Crippen LogP) is 4.14. The summed E-state index contributed by atoms with van der Waals surface area (Å²) in [5, 5.41) is 11.3. The van der Waals surface area contributed by atoms with E-state index in [2.05, 4.69) is 21.2 Å². The van der Waals surface area contributed by atoms with E-state index in [1.807, 2.05) is 0 Å². The van der Waals surface area contributed by atoms with Crippen LogP contribution in [0, 0.1) is 0 Å². The first-order chi connectivity index (χ1) is 16.8. The van der Waals surface area contributed by atoms with Crippen molar-refractivity contribution in [2.45, 2.75) is 38.3 Å². The highest BCUT2D eigenvalue weighted by atomic mass is 79.9. The molecule has 1 aliphatic carbocycles. The summed E-state index contributed by atoms with van der Waals surface area (Å²) in [4.78, 5) is 50.0. The van der Waals surface area contributed by atoms with Crippen LogP contribution in [0.5, 0.6) is 11.5 Å². The third-order valence-corrected chi connectivity index (χ3v) is 6.56. The molecule has 9 nitrogen and oxygen atoms in total. The van der Waals surface area contributed by atoms with Gasteiger partial charge in [-0.25, -0.2) is 9.59 Å². The number of amides is 4. The second-order valence-electron chi connectivity index (χ2n) is 8.26. The van der Waals surface area contributed by atoms with Crippen molar-refractivity contribution < 1.29 is 33.8 Å². The Morgan fingerprint density at radius 3 is 2.49 bits per heavy atom. The van der Waals surface area contributed by atoms with E-state index in [1.165, 1.54) is 25.3 Å². The molecule has 1 aliphatic heterocycles. The van der Waals surface area contributed by atoms with Crippen molar-refractivity contribution in [1.29, 1.82) is 0 Å². The van der Waals surface area contributed by atoms with E-state index in [1.54, 1.807) is 24.3 Å². The van der Waals surface area contributed by atoms with Crippen molar-refractivity contribution >= 4 is 45.8 Å². The van der Waals surface area contributed by atoms with Gasteiger partial charge in [0.25, 0.3) is 11.8 Å². The molecule has 35 heavy (non-hydrogen) atoms. The van der Waals surface area contributed by atoms with E-state index in [-0.39, 0.29) is 23.8 Å². The number of nitrogens with one attached hydrogen (secondary N) is 1. The molecule has 4 rings (SSSR count). The van der Waals surface area contributed by atoms with Crippen LogP contribution in [0.25, 0.3) is 6.08 Å². The number of nitrogens with zero attached hydrogens (tertiary/aromatic N) is 1. The van der Waals surface area contributed by atoms with Gasteiger partial charge in [-0.05, 0) is 70.2 Å². The first-order valence-electron chi connectivity index (χ1n) is 11.0. The Bertz CT molecular complexity index is 1220. The summed E-state index contributed by atoms with van der Waals surface area (Å²) in [6.45, 7) is 0.161. The average Bonchev–Trinajstić information content (AvgIpc) is 3.35. The summed E-state index contributed by atoms with van der Waals surface area (Å²) in [6.07, 6.45) is 4.75. The quantitative estimate of drug-likeness (QED) is 0.398. The lowest BCUT2D eigenvalue weighted by Crippen LogP contribution is -2.57. The molecule has 1 heterocycles. The van der Waals surface area contributed by atoms with Gasteiger partial charge in [-0.1, -0.05) is 25.0 Å². The molecule has 1 saturated carbocycles. The van der Waals surface area contributed by atoms with Crippen LogP contribution < -0.4 is 14.8 Å². The fourth-order valence-corrected chi connectivity index (χ4v) is 4.77. The van der Waals surface area contributed by atoms with Crippen LogP contribution in [0.2, 0.25) is 0 Å². The lowest BCUT2D eigenvalue weighted by Gasteiger charge is -2.31. The maximum absolute atomic E-state index is 13.0. The topological polar surface area (TPSA) is 122 Å². The molecule has 10 heteroatoms. The first kappa shape index (κ1) is 24.5. The lowest BCUT2D eigenvalue weighted by molar-refractivity contribution is -0.131. The van der Waals surface area contributed by atoms with Gasteiger partial charge in [-0.2, -0.15) is 0 Å². The van der Waals surface area contributed by atoms with E-state index < -0.39 is 23.8 Å². The number of hydrogen-bond acceptors (Lipinski definition) is 6. The zero-order valence-corrected chi connectivity index (χ0v) is 20.5. The van der Waals surface area contributed by atoms with Crippen molar-refractivity contribution in [1.82, 2.24) is 10.2 Å². The number of imide groups is 2. The van der Waals surface area contributed by atoms with Gasteiger partial charge in [0.2, 0.25) is 0 Å². The molecule has 0 atom stereocenters. The van der Waals surface area contributed by atoms with E-state index >= 15 is 0 Å². The standard InChI is InChI=1S/C25H23BrN2O7/c1-34-20-12-15(10-18-22(29)27-25(33)28(23(18)30)17-4-2-3-5-17)11-19(26)21(20)35-13-14-6-8-16(9-7-14)24(31)32/h6-12,17H,2-5,13H2,1H3,(H,31,32)(H,27,29,33)/b18-10+. The lowest BCUT2D eigenvalue weighted by atomic mass is 10.0. The van der Waals surface area contributed by atoms with Crippen molar-refractivity contribution in [3.8, 4) is 11.5 Å². The fraction of sp³-hybridized carbons (Fsp3) is 0.280. The third-order valence-electron chi connectivity index (χ3n) is 5.97. The number of carboxylic acid groups (broad SMARTS) is 1. The highest BCUT2D eigenvalue weighted by molar-refractivity contribution is 9.10. The number of rotatable bonds is 7. The number of halogens is 1. The molecule has 0 unspecified atom stereocenters. The summed E-state index contributed by atoms with van der Waals surface area (Å²) in [5.74, 6) is -1.59. The highest BCUT2D eigenvalue weighted by Crippen LogP contribution is 2.38. The van der Waals surface area contributed by atoms with Crippen molar-refractivity contribution in [2.75, 3.05) is 7.11 Å². The molecule has 182 valence electrons. The smallest absolute Gasteiger partial charge is 0.335 e. The number of carbonyl (C=O) groups is 4. The maximum atomic E-state index is 13.0. The van der Waals surface area contributed by atoms with E-state index in [4.69, 9.17) is 14.6 Å². The van der Waals surface area contributed by atoms with Gasteiger partial charge in [0, 0.05) is 6.04 Å². The number of hydrogen-bond donors (Lipinski definition) is 2. The Hall–Kier alpha value is -3.66. The van der Waals surface area contributed by atoms with Gasteiger partial charge in [-0.3, -0.25) is 19.8 Å². The fourth-order valence-electron chi connectivity index (χ4n) is 4.19. The summed E-state index contributed by atoms with van der Waals surface area (Å²) in [7, 11) is 1.46. The number of carboxylic acids is 1. The zero-order chi connectivity index (χ0) is 25.1. The van der Waals surface area contributed by atoms with Crippen molar-refractivity contribution in [3.05, 3.63) is 63.1 Å². The second kappa shape index (κ2) is 10.3. The summed E-state index contributed by atoms with van der Waals surface area (Å²) < 4.78 is 11.9. The highest BCUT2D eigenvalue weighted by Gasteiger charge is 2.40. The van der Waals surface area contributed by atoms with Crippen molar-refractivity contribution in [3.63, 3.8) is 0 Å². The third kappa shape index (κ3) is 5.22. The Balaban J connectivity index is 1.57. The van der Waals surface area contributed by atoms with Crippen LogP contribution in [-0.2, 0) is 16.2 Å². The van der Waals surface area contributed by atoms with Gasteiger partial charge in [0.15, 0.2) is 11.5 Å². The Kier molecular flexibility index (Phi) is 7.20. The number of methoxy groups -OCH3 is 1. The maximum Gasteiger partial charge on any atom is 0.335 e. The largest absolute Gasteiger partial charge is 0.493 e. The van der Waals surface area contributed by atoms with Gasteiger partial charge < -0.3 is 14.6 Å². The molecule has 2 aliphatic rings. The SMILES string of the molecule is COc1cc(/C=C2\C(=O)NC(=O)N(C3CCCC3)C2=O)cc(Br)c1OCc1ccc(C(=O)O)cc1. The van der Waals surface area contributed by atoms with Crippen LogP contribution in [0.4, 0.5) is 4.79 Å². The molecule has 0 aromatic heterocycles. The Labute approximate surface area is 209 Å². The molecular formula is C25H23BrN2O7. The number of benzene rings is 2. The van der Waals surface area contributed by atoms with Gasteiger partial charge in [0.1, 0.15) is 12.2 Å². The van der Waals surface area contributed by atoms with E-state index in [0.717, 1.165) is 36.1 Å². The summed E-state index contributed by atoms with van der Waals surface area (Å²) >= 11 is 3.45. The predicted molar refractivity (Wildman–Crippen MR) is 129 cm³/mol. The first-order valence-corrected chi connectivity index (χ1v) is 11.8. The number of aromatic carboxylic acids is 1. The molecule has 0 spiro atoms. The normalized spacial score (nSPS) is 17.6. The van der Waals surface area contributed by atoms with Gasteiger partial charge in [0.05, 0.1) is 17.1 Å². The molecular weight excluding hydrogens is 520 g/mol. The minimum absolute atomic E-state index is 0.127. The molecule has 2 fully saturated rings. The van der Waals surface area contributed by atoms with Crippen LogP contribution in [0.15, 0.2) is 46.4 Å². The Morgan fingerprint density at radius 1 is 1.17 bits per heavy atom. The molecule has 4 amide bonds. The van der Waals surface area contributed by atoms with Crippen LogP contribution in [0.3, 0.4) is 0 Å². The molecule has 1 saturated heterocycles. The molecule has 0 radical (unpaired) electrons. The minimum Gasteiger partial charge on any atom is -0.493 e. The molecule has 2 N–H and O–H groups in total.